The zero-order valence-corrected chi connectivity index (χ0v) is 11.1. The number of nitrogens with one attached hydrogen (secondary N) is 1. The van der Waals surface area contributed by atoms with Gasteiger partial charge in [0.15, 0.2) is 5.78 Å². The third-order valence-electron chi connectivity index (χ3n) is 3.39. The van der Waals surface area contributed by atoms with Gasteiger partial charge in [-0.2, -0.15) is 0 Å². The smallest absolute Gasteiger partial charge is 0.161 e. The quantitative estimate of drug-likeness (QED) is 0.596. The Bertz CT molecular complexity index is 441. The molecule has 1 aliphatic rings. The summed E-state index contributed by atoms with van der Waals surface area (Å²) in [4.78, 5) is 13.6. The van der Waals surface area contributed by atoms with Gasteiger partial charge in [0, 0.05) is 36.1 Å². The number of benzene rings is 1. The molecule has 0 unspecified atom stereocenters. The molecule has 0 aliphatic heterocycles. The van der Waals surface area contributed by atoms with E-state index in [0.29, 0.717) is 11.3 Å². The highest BCUT2D eigenvalue weighted by Gasteiger charge is 2.25. The van der Waals surface area contributed by atoms with Gasteiger partial charge in [-0.3, -0.25) is 4.79 Å². The van der Waals surface area contributed by atoms with E-state index in [1.54, 1.807) is 6.07 Å². The van der Waals surface area contributed by atoms with Gasteiger partial charge in [0.25, 0.3) is 0 Å². The molecule has 0 spiro atoms. The number of ketones is 1. The van der Waals surface area contributed by atoms with E-state index in [1.807, 2.05) is 12.1 Å². The number of nitrogen functional groups attached to an aromatic ring is 1. The van der Waals surface area contributed by atoms with Crippen LogP contribution in [0.3, 0.4) is 0 Å². The van der Waals surface area contributed by atoms with E-state index < -0.39 is 0 Å². The van der Waals surface area contributed by atoms with Gasteiger partial charge in [-0.15, -0.1) is 0 Å². The predicted molar refractivity (Wildman–Crippen MR) is 75.0 cm³/mol. The van der Waals surface area contributed by atoms with Crippen molar-refractivity contribution >= 4 is 17.2 Å². The van der Waals surface area contributed by atoms with Crippen LogP contribution in [0.25, 0.3) is 0 Å². The van der Waals surface area contributed by atoms with Crippen LogP contribution in [0.15, 0.2) is 18.2 Å². The molecule has 4 nitrogen and oxygen atoms in total. The van der Waals surface area contributed by atoms with Crippen LogP contribution in [0.2, 0.25) is 0 Å². The Hall–Kier alpha value is -1.55. The van der Waals surface area contributed by atoms with Gasteiger partial charge in [0.05, 0.1) is 0 Å². The summed E-state index contributed by atoms with van der Waals surface area (Å²) in [5, 5.41) is 3.33. The zero-order valence-electron chi connectivity index (χ0n) is 11.1. The first-order valence-electron chi connectivity index (χ1n) is 6.42. The molecule has 4 heteroatoms. The second-order valence-corrected chi connectivity index (χ2v) is 5.00. The SMILES string of the molecule is CC(=O)c1ccc(NCCN(C)C2CC2)cc1N. The summed E-state index contributed by atoms with van der Waals surface area (Å²) in [5.74, 6) is 0.00696. The Labute approximate surface area is 108 Å². The fourth-order valence-electron chi connectivity index (χ4n) is 2.07. The largest absolute Gasteiger partial charge is 0.398 e. The molecule has 1 aromatic rings. The first kappa shape index (κ1) is 12.9. The summed E-state index contributed by atoms with van der Waals surface area (Å²) < 4.78 is 0. The summed E-state index contributed by atoms with van der Waals surface area (Å²) >= 11 is 0. The van der Waals surface area contributed by atoms with Crippen molar-refractivity contribution in [2.24, 2.45) is 0 Å². The van der Waals surface area contributed by atoms with Crippen molar-refractivity contribution in [1.82, 2.24) is 4.90 Å². The fourth-order valence-corrected chi connectivity index (χ4v) is 2.07. The van der Waals surface area contributed by atoms with Crippen molar-refractivity contribution in [3.63, 3.8) is 0 Å². The lowest BCUT2D eigenvalue weighted by Crippen LogP contribution is -2.27. The van der Waals surface area contributed by atoms with E-state index in [2.05, 4.69) is 17.3 Å². The van der Waals surface area contributed by atoms with E-state index >= 15 is 0 Å². The third-order valence-corrected chi connectivity index (χ3v) is 3.39. The zero-order chi connectivity index (χ0) is 13.1. The molecule has 0 aromatic heterocycles. The Morgan fingerprint density at radius 3 is 2.78 bits per heavy atom. The fraction of sp³-hybridized carbons (Fsp3) is 0.500. The summed E-state index contributed by atoms with van der Waals surface area (Å²) in [6, 6.07) is 6.31. The highest BCUT2D eigenvalue weighted by Crippen LogP contribution is 2.25. The van der Waals surface area contributed by atoms with Crippen molar-refractivity contribution in [3.8, 4) is 0 Å². The predicted octanol–water partition coefficient (Wildman–Crippen LogP) is 1.98. The molecule has 1 saturated carbocycles. The minimum atomic E-state index is 0.00696. The molecule has 0 bridgehead atoms. The standard InChI is InChI=1S/C14H21N3O/c1-10(18)13-6-3-11(9-14(13)15)16-7-8-17(2)12-4-5-12/h3,6,9,12,16H,4-5,7-8,15H2,1-2H3. The van der Waals surface area contributed by atoms with E-state index in [1.165, 1.54) is 19.8 Å². The van der Waals surface area contributed by atoms with Crippen LogP contribution in [-0.2, 0) is 0 Å². The normalized spacial score (nSPS) is 14.8. The van der Waals surface area contributed by atoms with E-state index in [-0.39, 0.29) is 5.78 Å². The van der Waals surface area contributed by atoms with Gasteiger partial charge in [0.2, 0.25) is 0 Å². The van der Waals surface area contributed by atoms with E-state index in [9.17, 15) is 4.79 Å². The highest BCUT2D eigenvalue weighted by atomic mass is 16.1. The summed E-state index contributed by atoms with van der Waals surface area (Å²) in [7, 11) is 2.16. The summed E-state index contributed by atoms with van der Waals surface area (Å²) in [6.07, 6.45) is 2.66. The van der Waals surface area contributed by atoms with E-state index in [4.69, 9.17) is 5.73 Å². The van der Waals surface area contributed by atoms with Crippen LogP contribution >= 0.6 is 0 Å². The minimum Gasteiger partial charge on any atom is -0.398 e. The Morgan fingerprint density at radius 1 is 1.50 bits per heavy atom. The number of carbonyl (C=O) groups is 1. The molecule has 0 atom stereocenters. The minimum absolute atomic E-state index is 0.00696. The summed E-state index contributed by atoms with van der Waals surface area (Å²) in [5.41, 5.74) is 7.95. The van der Waals surface area contributed by atoms with E-state index in [0.717, 1.165) is 24.8 Å². The lowest BCUT2D eigenvalue weighted by Gasteiger charge is -2.16. The lowest BCUT2D eigenvalue weighted by molar-refractivity contribution is 0.101. The van der Waals surface area contributed by atoms with Crippen molar-refractivity contribution in [1.29, 1.82) is 0 Å². The maximum absolute atomic E-state index is 11.3. The van der Waals surface area contributed by atoms with Gasteiger partial charge in [-0.25, -0.2) is 0 Å². The molecule has 0 saturated heterocycles. The number of likely N-dealkylation sites (N-methyl/N-ethyl adjacent to an activating group) is 1. The maximum atomic E-state index is 11.3. The Kier molecular flexibility index (Phi) is 3.87. The Balaban J connectivity index is 1.85. The van der Waals surface area contributed by atoms with Gasteiger partial charge in [0.1, 0.15) is 0 Å². The molecule has 98 valence electrons. The van der Waals surface area contributed by atoms with Crippen molar-refractivity contribution < 1.29 is 4.79 Å². The van der Waals surface area contributed by atoms with Gasteiger partial charge in [-0.05, 0) is 45.0 Å². The average Bonchev–Trinajstić information content (AvgIpc) is 3.12. The van der Waals surface area contributed by atoms with Crippen molar-refractivity contribution in [2.75, 3.05) is 31.2 Å². The number of Topliss-reactive ketones (excluding diaryl/α,β-unsaturated/α-hetero) is 1. The number of rotatable bonds is 6. The molecule has 1 aliphatic carbocycles. The maximum Gasteiger partial charge on any atom is 0.161 e. The molecule has 1 fully saturated rings. The lowest BCUT2D eigenvalue weighted by atomic mass is 10.1. The second kappa shape index (κ2) is 5.40. The van der Waals surface area contributed by atoms with Gasteiger partial charge in [-0.1, -0.05) is 0 Å². The number of nitrogens with zero attached hydrogens (tertiary/aromatic N) is 1. The molecular weight excluding hydrogens is 226 g/mol. The number of anilines is 2. The second-order valence-electron chi connectivity index (χ2n) is 5.00. The van der Waals surface area contributed by atoms with Crippen LogP contribution in [0.4, 0.5) is 11.4 Å². The van der Waals surface area contributed by atoms with Gasteiger partial charge >= 0.3 is 0 Å². The molecule has 0 amide bonds. The Morgan fingerprint density at radius 2 is 2.22 bits per heavy atom. The van der Waals surface area contributed by atoms with Crippen LogP contribution in [0.1, 0.15) is 30.1 Å². The van der Waals surface area contributed by atoms with Crippen LogP contribution in [-0.4, -0.2) is 36.9 Å². The topological polar surface area (TPSA) is 58.4 Å². The van der Waals surface area contributed by atoms with Crippen molar-refractivity contribution in [2.45, 2.75) is 25.8 Å². The van der Waals surface area contributed by atoms with Crippen LogP contribution in [0.5, 0.6) is 0 Å². The van der Waals surface area contributed by atoms with Gasteiger partial charge < -0.3 is 16.0 Å². The number of nitrogens with two attached hydrogens (primary N) is 1. The highest BCUT2D eigenvalue weighted by molar-refractivity contribution is 5.99. The average molecular weight is 247 g/mol. The summed E-state index contributed by atoms with van der Waals surface area (Å²) in [6.45, 7) is 3.45. The molecule has 3 N–H and O–H groups in total. The molecular formula is C14H21N3O. The number of hydrogen-bond donors (Lipinski definition) is 2. The number of hydrogen-bond acceptors (Lipinski definition) is 4. The molecule has 0 heterocycles. The van der Waals surface area contributed by atoms with Crippen LogP contribution < -0.4 is 11.1 Å². The molecule has 0 radical (unpaired) electrons. The molecule has 2 rings (SSSR count). The first-order valence-corrected chi connectivity index (χ1v) is 6.42. The number of carbonyl (C=O) groups excluding carboxylic acids is 1. The van der Waals surface area contributed by atoms with Crippen molar-refractivity contribution in [3.05, 3.63) is 23.8 Å². The first-order chi connectivity index (χ1) is 8.58. The molecule has 1 aromatic carbocycles. The molecule has 18 heavy (non-hydrogen) atoms. The monoisotopic (exact) mass is 247 g/mol. The third kappa shape index (κ3) is 3.23. The van der Waals surface area contributed by atoms with Crippen LogP contribution in [0, 0.1) is 0 Å².